The number of benzene rings is 2. The van der Waals surface area contributed by atoms with Crippen molar-refractivity contribution < 1.29 is 9.31 Å². The first kappa shape index (κ1) is 16.1. The van der Waals surface area contributed by atoms with Gasteiger partial charge in [0.15, 0.2) is 0 Å². The van der Waals surface area contributed by atoms with Crippen LogP contribution in [-0.2, 0) is 0 Å². The number of rotatable bonds is 5. The van der Waals surface area contributed by atoms with Crippen molar-refractivity contribution in [2.75, 3.05) is 11.6 Å². The summed E-state index contributed by atoms with van der Waals surface area (Å²) in [5.41, 5.74) is 8.12. The molecule has 2 aromatic rings. The predicted molar refractivity (Wildman–Crippen MR) is 90.4 cm³/mol. The Hall–Kier alpha value is -2.80. The summed E-state index contributed by atoms with van der Waals surface area (Å²) in [5, 5.41) is 17.4. The molecule has 1 heterocycles. The van der Waals surface area contributed by atoms with Crippen LogP contribution in [0, 0.1) is 15.9 Å². The van der Waals surface area contributed by atoms with Gasteiger partial charge in [0.1, 0.15) is 5.82 Å². The Bertz CT molecular complexity index is 776. The summed E-state index contributed by atoms with van der Waals surface area (Å²) in [6.45, 7) is 0.484. The Morgan fingerprint density at radius 1 is 1.29 bits per heavy atom. The van der Waals surface area contributed by atoms with E-state index in [4.69, 9.17) is 5.73 Å². The van der Waals surface area contributed by atoms with Crippen LogP contribution < -0.4 is 10.7 Å². The molecule has 0 aliphatic carbocycles. The summed E-state index contributed by atoms with van der Waals surface area (Å²) >= 11 is 0. The maximum atomic E-state index is 13.2. The zero-order chi connectivity index (χ0) is 17.1. The number of halogens is 1. The van der Waals surface area contributed by atoms with Crippen molar-refractivity contribution >= 4 is 17.1 Å². The minimum atomic E-state index is -0.414. The SMILES string of the molecule is NCCC1=NN(c2ccc(F)cc2)C(c2cccc([N+](=O)[O-])c2)C1. The Labute approximate surface area is 138 Å². The average Bonchev–Trinajstić information content (AvgIpc) is 3.00. The zero-order valence-corrected chi connectivity index (χ0v) is 12.9. The van der Waals surface area contributed by atoms with Crippen molar-refractivity contribution in [3.8, 4) is 0 Å². The lowest BCUT2D eigenvalue weighted by atomic mass is 10.00. The van der Waals surface area contributed by atoms with E-state index in [1.54, 1.807) is 29.3 Å². The summed E-state index contributed by atoms with van der Waals surface area (Å²) in [4.78, 5) is 10.6. The van der Waals surface area contributed by atoms with E-state index in [0.717, 1.165) is 17.0 Å². The molecule has 0 amide bonds. The highest BCUT2D eigenvalue weighted by Crippen LogP contribution is 2.36. The average molecular weight is 328 g/mol. The monoisotopic (exact) mass is 328 g/mol. The number of nitrogens with zero attached hydrogens (tertiary/aromatic N) is 3. The molecule has 0 spiro atoms. The Balaban J connectivity index is 1.97. The van der Waals surface area contributed by atoms with Crippen LogP contribution in [0.1, 0.15) is 24.4 Å². The van der Waals surface area contributed by atoms with Crippen molar-refractivity contribution in [2.45, 2.75) is 18.9 Å². The third-order valence-electron chi connectivity index (χ3n) is 3.96. The lowest BCUT2D eigenvalue weighted by Gasteiger charge is -2.24. The van der Waals surface area contributed by atoms with Gasteiger partial charge in [0.25, 0.3) is 5.69 Å². The second-order valence-corrected chi connectivity index (χ2v) is 5.60. The van der Waals surface area contributed by atoms with Crippen LogP contribution in [0.4, 0.5) is 15.8 Å². The normalized spacial score (nSPS) is 17.0. The van der Waals surface area contributed by atoms with Crippen LogP contribution in [0.3, 0.4) is 0 Å². The van der Waals surface area contributed by atoms with E-state index >= 15 is 0 Å². The molecule has 3 rings (SSSR count). The van der Waals surface area contributed by atoms with E-state index < -0.39 is 4.92 Å². The molecule has 0 saturated heterocycles. The molecule has 1 unspecified atom stereocenters. The molecule has 1 atom stereocenters. The molecule has 2 aromatic carbocycles. The fourth-order valence-corrected chi connectivity index (χ4v) is 2.83. The quantitative estimate of drug-likeness (QED) is 0.673. The highest BCUT2D eigenvalue weighted by molar-refractivity contribution is 5.89. The van der Waals surface area contributed by atoms with Crippen LogP contribution >= 0.6 is 0 Å². The van der Waals surface area contributed by atoms with Gasteiger partial charge in [0.2, 0.25) is 0 Å². The topological polar surface area (TPSA) is 84.8 Å². The lowest BCUT2D eigenvalue weighted by Crippen LogP contribution is -2.18. The van der Waals surface area contributed by atoms with Gasteiger partial charge in [0, 0.05) is 24.3 Å². The Kier molecular flexibility index (Phi) is 4.52. The van der Waals surface area contributed by atoms with Gasteiger partial charge in [-0.1, -0.05) is 12.1 Å². The number of hydrogen-bond acceptors (Lipinski definition) is 5. The van der Waals surface area contributed by atoms with Gasteiger partial charge in [-0.3, -0.25) is 15.1 Å². The van der Waals surface area contributed by atoms with Gasteiger partial charge in [-0.25, -0.2) is 4.39 Å². The van der Waals surface area contributed by atoms with Crippen LogP contribution in [-0.4, -0.2) is 17.2 Å². The van der Waals surface area contributed by atoms with Crippen molar-refractivity contribution in [3.05, 3.63) is 70.0 Å². The first-order valence-electron chi connectivity index (χ1n) is 7.64. The molecule has 6 nitrogen and oxygen atoms in total. The van der Waals surface area contributed by atoms with Gasteiger partial charge in [-0.05, 0) is 42.8 Å². The smallest absolute Gasteiger partial charge is 0.269 e. The highest BCUT2D eigenvalue weighted by atomic mass is 19.1. The fraction of sp³-hybridized carbons (Fsp3) is 0.235. The first-order valence-corrected chi connectivity index (χ1v) is 7.64. The maximum absolute atomic E-state index is 13.2. The molecule has 2 N–H and O–H groups in total. The molecular formula is C17H17FN4O2. The summed E-state index contributed by atoms with van der Waals surface area (Å²) < 4.78 is 13.2. The van der Waals surface area contributed by atoms with Gasteiger partial charge in [-0.15, -0.1) is 0 Å². The number of nitro benzene ring substituents is 1. The van der Waals surface area contributed by atoms with E-state index in [2.05, 4.69) is 5.10 Å². The molecular weight excluding hydrogens is 311 g/mol. The Morgan fingerprint density at radius 2 is 2.04 bits per heavy atom. The minimum absolute atomic E-state index is 0.0406. The molecule has 0 radical (unpaired) electrons. The molecule has 1 aliphatic heterocycles. The van der Waals surface area contributed by atoms with Crippen molar-refractivity contribution in [3.63, 3.8) is 0 Å². The van der Waals surface area contributed by atoms with Crippen LogP contribution in [0.25, 0.3) is 0 Å². The lowest BCUT2D eigenvalue weighted by molar-refractivity contribution is -0.384. The van der Waals surface area contributed by atoms with E-state index in [-0.39, 0.29) is 17.5 Å². The largest absolute Gasteiger partial charge is 0.330 e. The maximum Gasteiger partial charge on any atom is 0.269 e. The highest BCUT2D eigenvalue weighted by Gasteiger charge is 2.29. The van der Waals surface area contributed by atoms with E-state index in [1.807, 2.05) is 6.07 Å². The molecule has 0 aromatic heterocycles. The number of anilines is 1. The minimum Gasteiger partial charge on any atom is -0.330 e. The third kappa shape index (κ3) is 3.26. The predicted octanol–water partition coefficient (Wildman–Crippen LogP) is 3.39. The first-order chi connectivity index (χ1) is 11.6. The van der Waals surface area contributed by atoms with Crippen molar-refractivity contribution in [1.82, 2.24) is 0 Å². The van der Waals surface area contributed by atoms with E-state index in [0.29, 0.717) is 19.4 Å². The molecule has 7 heteroatoms. The number of hydrogen-bond donors (Lipinski definition) is 1. The van der Waals surface area contributed by atoms with Crippen molar-refractivity contribution in [2.24, 2.45) is 10.8 Å². The molecule has 1 aliphatic rings. The van der Waals surface area contributed by atoms with Crippen molar-refractivity contribution in [1.29, 1.82) is 0 Å². The summed E-state index contributed by atoms with van der Waals surface area (Å²) in [5.74, 6) is -0.323. The van der Waals surface area contributed by atoms with Crippen LogP contribution in [0.5, 0.6) is 0 Å². The summed E-state index contributed by atoms with van der Waals surface area (Å²) in [7, 11) is 0. The molecule has 0 saturated carbocycles. The number of hydrazone groups is 1. The number of nitrogens with two attached hydrogens (primary N) is 1. The summed E-state index contributed by atoms with van der Waals surface area (Å²) in [6, 6.07) is 12.4. The molecule has 24 heavy (non-hydrogen) atoms. The molecule has 124 valence electrons. The molecule has 0 bridgehead atoms. The molecule has 0 fully saturated rings. The zero-order valence-electron chi connectivity index (χ0n) is 12.9. The van der Waals surface area contributed by atoms with E-state index in [9.17, 15) is 14.5 Å². The van der Waals surface area contributed by atoms with Crippen LogP contribution in [0.15, 0.2) is 53.6 Å². The standard InChI is InChI=1S/C17H17FN4O2/c18-13-4-6-15(7-5-13)21-17(11-14(20-21)8-9-19)12-2-1-3-16(10-12)22(23)24/h1-7,10,17H,8-9,11,19H2. The third-order valence-corrected chi connectivity index (χ3v) is 3.96. The second-order valence-electron chi connectivity index (χ2n) is 5.60. The second kappa shape index (κ2) is 6.76. The van der Waals surface area contributed by atoms with Crippen LogP contribution in [0.2, 0.25) is 0 Å². The van der Waals surface area contributed by atoms with Gasteiger partial charge in [-0.2, -0.15) is 5.10 Å². The Morgan fingerprint density at radius 3 is 2.71 bits per heavy atom. The van der Waals surface area contributed by atoms with Gasteiger partial charge >= 0.3 is 0 Å². The fourth-order valence-electron chi connectivity index (χ4n) is 2.83. The number of non-ortho nitro benzene ring substituents is 1. The van der Waals surface area contributed by atoms with E-state index in [1.165, 1.54) is 18.2 Å². The van der Waals surface area contributed by atoms with Gasteiger partial charge in [0.05, 0.1) is 16.7 Å². The van der Waals surface area contributed by atoms with Gasteiger partial charge < -0.3 is 5.73 Å². The number of nitro groups is 1. The summed E-state index contributed by atoms with van der Waals surface area (Å²) in [6.07, 6.45) is 1.29.